The maximum atomic E-state index is 13.4. The van der Waals surface area contributed by atoms with Gasteiger partial charge in [0.2, 0.25) is 0 Å². The maximum absolute atomic E-state index is 13.4. The Hall–Kier alpha value is -4.09. The van der Waals surface area contributed by atoms with Crippen molar-refractivity contribution in [2.24, 2.45) is 29.6 Å². The molecule has 2 bridgehead atoms. The van der Waals surface area contributed by atoms with Crippen LogP contribution in [0.25, 0.3) is 11.8 Å². The van der Waals surface area contributed by atoms with Crippen molar-refractivity contribution in [3.8, 4) is 5.75 Å². The molecule has 4 aliphatic rings. The van der Waals surface area contributed by atoms with Crippen LogP contribution in [0, 0.1) is 29.6 Å². The Morgan fingerprint density at radius 3 is 2.46 bits per heavy atom. The quantitative estimate of drug-likeness (QED) is 0.0967. The SMILES string of the molecule is CCCCCc1cc([C@H]2Cc3cccc(c3)[C@@]3(CC[C@H]4C=c5ccccc5=C(O)[C@@H]4C3)[C@H](C(=O)O)CC=CC[C@@H]2CCCCCC[C@H]2C=C(CO)CC2)ccc1O. The largest absolute Gasteiger partial charge is 0.511 e. The predicted octanol–water partition coefficient (Wildman–Crippen LogP) is 10.6. The number of aliphatic hydroxyl groups is 2. The van der Waals surface area contributed by atoms with E-state index in [2.05, 4.69) is 73.7 Å². The Balaban J connectivity index is 1.19. The van der Waals surface area contributed by atoms with E-state index in [9.17, 15) is 25.2 Å². The minimum Gasteiger partial charge on any atom is -0.511 e. The summed E-state index contributed by atoms with van der Waals surface area (Å²) >= 11 is 0. The van der Waals surface area contributed by atoms with Gasteiger partial charge in [-0.15, -0.1) is 0 Å². The summed E-state index contributed by atoms with van der Waals surface area (Å²) in [5, 5.41) is 45.2. The second-order valence-electron chi connectivity index (χ2n) is 18.0. The molecular weight excluding hydrogens is 705 g/mol. The van der Waals surface area contributed by atoms with E-state index in [1.54, 1.807) is 0 Å². The fraction of sp³-hybridized carbons (Fsp3) is 0.519. The molecule has 4 aliphatic carbocycles. The van der Waals surface area contributed by atoms with Crippen molar-refractivity contribution in [3.05, 3.63) is 123 Å². The van der Waals surface area contributed by atoms with Gasteiger partial charge >= 0.3 is 5.97 Å². The van der Waals surface area contributed by atoms with Gasteiger partial charge in [0.25, 0.3) is 0 Å². The number of carbonyl (C=O) groups is 1. The van der Waals surface area contributed by atoms with Gasteiger partial charge in [-0.3, -0.25) is 4.79 Å². The lowest BCUT2D eigenvalue weighted by molar-refractivity contribution is -0.145. The highest BCUT2D eigenvalue weighted by Gasteiger charge is 2.50. The summed E-state index contributed by atoms with van der Waals surface area (Å²) in [6.45, 7) is 2.42. The van der Waals surface area contributed by atoms with Gasteiger partial charge < -0.3 is 20.4 Å². The van der Waals surface area contributed by atoms with Gasteiger partial charge in [-0.1, -0.05) is 130 Å². The van der Waals surface area contributed by atoms with Crippen molar-refractivity contribution in [2.45, 2.75) is 134 Å². The third-order valence-electron chi connectivity index (χ3n) is 14.5. The van der Waals surface area contributed by atoms with E-state index in [-0.39, 0.29) is 24.4 Å². The molecule has 0 saturated heterocycles. The number of aromatic hydroxyl groups is 1. The zero-order valence-corrected chi connectivity index (χ0v) is 34.3. The normalized spacial score (nSPS) is 27.1. The third-order valence-corrected chi connectivity index (χ3v) is 14.5. The highest BCUT2D eigenvalue weighted by molar-refractivity contribution is 5.73. The fourth-order valence-electron chi connectivity index (χ4n) is 11.2. The fourth-order valence-corrected chi connectivity index (χ4v) is 11.2. The van der Waals surface area contributed by atoms with Gasteiger partial charge in [-0.2, -0.15) is 0 Å². The standard InChI is InChI=1S/C52H66O5/c1-2-3-6-19-43-33-41(25-26-49(43)54)46-31-37-15-13-20-44(30-37)52(28-27-42-32-40-18-9-11-21-45(40)50(55)47(42)34-52)48(51(56)57)22-12-10-17-39(46)16-8-5-4-7-14-36-23-24-38(29-36)35-53/h9-13,15,18,20-21,25-26,29-30,32-33,36,39,42,46-48,53-55H,2-8,14,16-17,19,22-24,27-28,31,34-35H2,1H3,(H,56,57)/t36-,39+,42+,46+,47-,48+,52+/m1/s1. The molecule has 5 nitrogen and oxygen atoms in total. The second-order valence-corrected chi connectivity index (χ2v) is 18.0. The monoisotopic (exact) mass is 770 g/mol. The van der Waals surface area contributed by atoms with Gasteiger partial charge in [0.15, 0.2) is 0 Å². The van der Waals surface area contributed by atoms with E-state index in [0.717, 1.165) is 92.2 Å². The molecule has 0 amide bonds. The summed E-state index contributed by atoms with van der Waals surface area (Å²) in [6, 6.07) is 23.3. The van der Waals surface area contributed by atoms with Crippen molar-refractivity contribution < 1.29 is 25.2 Å². The average Bonchev–Trinajstić information content (AvgIpc) is 3.69. The van der Waals surface area contributed by atoms with E-state index in [1.165, 1.54) is 48.8 Å². The van der Waals surface area contributed by atoms with Crippen LogP contribution in [0.2, 0.25) is 0 Å². The van der Waals surface area contributed by atoms with Crippen molar-refractivity contribution in [1.82, 2.24) is 0 Å². The number of carboxylic acid groups (broad SMARTS) is 1. The Morgan fingerprint density at radius 2 is 1.65 bits per heavy atom. The first-order valence-corrected chi connectivity index (χ1v) is 22.4. The minimum absolute atomic E-state index is 0.121. The predicted molar refractivity (Wildman–Crippen MR) is 232 cm³/mol. The summed E-state index contributed by atoms with van der Waals surface area (Å²) < 4.78 is 0. The summed E-state index contributed by atoms with van der Waals surface area (Å²) in [4.78, 5) is 13.4. The van der Waals surface area contributed by atoms with Gasteiger partial charge in [0, 0.05) is 16.6 Å². The average molecular weight is 771 g/mol. The maximum Gasteiger partial charge on any atom is 0.307 e. The number of fused-ring (bicyclic) bond motifs is 5. The number of phenols is 1. The van der Waals surface area contributed by atoms with E-state index in [4.69, 9.17) is 0 Å². The summed E-state index contributed by atoms with van der Waals surface area (Å²) in [5.74, 6) is 0.756. The number of aliphatic hydroxyl groups excluding tert-OH is 2. The second kappa shape index (κ2) is 19.1. The zero-order chi connectivity index (χ0) is 39.8. The number of unbranched alkanes of at least 4 members (excludes halogenated alkanes) is 5. The molecule has 3 aromatic carbocycles. The van der Waals surface area contributed by atoms with Gasteiger partial charge in [0.1, 0.15) is 11.5 Å². The molecule has 0 radical (unpaired) electrons. The molecule has 57 heavy (non-hydrogen) atoms. The highest BCUT2D eigenvalue weighted by atomic mass is 16.4. The number of carboxylic acids is 1. The van der Waals surface area contributed by atoms with Gasteiger partial charge in [-0.25, -0.2) is 0 Å². The smallest absolute Gasteiger partial charge is 0.307 e. The number of hydrogen-bond acceptors (Lipinski definition) is 4. The molecule has 7 atom stereocenters. The van der Waals surface area contributed by atoms with Crippen LogP contribution < -0.4 is 10.4 Å². The molecule has 3 aromatic rings. The Morgan fingerprint density at radius 1 is 0.825 bits per heavy atom. The van der Waals surface area contributed by atoms with Gasteiger partial charge in [-0.05, 0) is 140 Å². The van der Waals surface area contributed by atoms with Crippen LogP contribution in [-0.2, 0) is 23.1 Å². The van der Waals surface area contributed by atoms with E-state index in [0.29, 0.717) is 36.2 Å². The number of phenolic OH excluding ortho intramolecular Hbond substituents is 1. The van der Waals surface area contributed by atoms with Crippen LogP contribution >= 0.6 is 0 Å². The summed E-state index contributed by atoms with van der Waals surface area (Å²) in [5.41, 5.74) is 5.26. The van der Waals surface area contributed by atoms with E-state index < -0.39 is 17.3 Å². The lowest BCUT2D eigenvalue weighted by Crippen LogP contribution is -2.48. The molecule has 0 aromatic heterocycles. The van der Waals surface area contributed by atoms with Crippen LogP contribution in [0.1, 0.15) is 138 Å². The number of rotatable bonds is 14. The molecule has 0 unspecified atom stereocenters. The topological polar surface area (TPSA) is 98.0 Å². The molecule has 1 saturated carbocycles. The van der Waals surface area contributed by atoms with Crippen LogP contribution in [0.5, 0.6) is 5.75 Å². The number of hydrogen-bond donors (Lipinski definition) is 4. The first-order valence-electron chi connectivity index (χ1n) is 22.4. The molecule has 0 aliphatic heterocycles. The zero-order valence-electron chi connectivity index (χ0n) is 34.3. The van der Waals surface area contributed by atoms with E-state index in [1.807, 2.05) is 24.3 Å². The molecule has 5 heteroatoms. The number of allylic oxidation sites excluding steroid dienone is 3. The van der Waals surface area contributed by atoms with Crippen LogP contribution in [0.4, 0.5) is 0 Å². The lowest BCUT2D eigenvalue weighted by atomic mass is 9.55. The first-order chi connectivity index (χ1) is 27.8. The minimum atomic E-state index is -0.755. The molecule has 0 heterocycles. The van der Waals surface area contributed by atoms with Crippen molar-refractivity contribution in [3.63, 3.8) is 0 Å². The third kappa shape index (κ3) is 9.46. The lowest BCUT2D eigenvalue weighted by Gasteiger charge is -2.48. The molecule has 304 valence electrons. The Bertz CT molecular complexity index is 2030. The van der Waals surface area contributed by atoms with Crippen molar-refractivity contribution >= 4 is 17.8 Å². The van der Waals surface area contributed by atoms with E-state index >= 15 is 0 Å². The van der Waals surface area contributed by atoms with Crippen LogP contribution in [0.15, 0.2) is 90.5 Å². The molecule has 4 N–H and O–H groups in total. The Kier molecular flexibility index (Phi) is 13.8. The highest BCUT2D eigenvalue weighted by Crippen LogP contribution is 2.53. The van der Waals surface area contributed by atoms with Crippen molar-refractivity contribution in [2.75, 3.05) is 6.61 Å². The first kappa shape index (κ1) is 41.1. The molecule has 1 spiro atoms. The number of aliphatic carboxylic acids is 1. The number of aryl methyl sites for hydroxylation is 1. The van der Waals surface area contributed by atoms with Crippen LogP contribution in [-0.4, -0.2) is 33.0 Å². The molecular formula is C52H66O5. The van der Waals surface area contributed by atoms with Crippen molar-refractivity contribution in [1.29, 1.82) is 0 Å². The molecule has 7 rings (SSSR count). The Labute approximate surface area is 341 Å². The summed E-state index contributed by atoms with van der Waals surface area (Å²) in [7, 11) is 0. The number of benzene rings is 3. The summed E-state index contributed by atoms with van der Waals surface area (Å²) in [6.07, 6.45) is 27.0. The van der Waals surface area contributed by atoms with Crippen LogP contribution in [0.3, 0.4) is 0 Å². The molecule has 1 fully saturated rings. The van der Waals surface area contributed by atoms with Gasteiger partial charge in [0.05, 0.1) is 12.5 Å².